The van der Waals surface area contributed by atoms with E-state index in [0.29, 0.717) is 5.95 Å². The van der Waals surface area contributed by atoms with Crippen LogP contribution in [0.4, 0.5) is 5.95 Å². The van der Waals surface area contributed by atoms with Crippen molar-refractivity contribution in [3.63, 3.8) is 0 Å². The maximum absolute atomic E-state index is 5.09. The highest BCUT2D eigenvalue weighted by Crippen LogP contribution is 2.17. The van der Waals surface area contributed by atoms with Gasteiger partial charge in [-0.3, -0.25) is 0 Å². The second-order valence-electron chi connectivity index (χ2n) is 3.48. The molecule has 1 aromatic heterocycles. The molecule has 1 heterocycles. The molecule has 0 radical (unpaired) electrons. The third-order valence-electron chi connectivity index (χ3n) is 2.17. The molecule has 2 rings (SSSR count). The highest BCUT2D eigenvalue weighted by molar-refractivity contribution is 5.42. The van der Waals surface area contributed by atoms with E-state index in [1.807, 2.05) is 43.3 Å². The molecule has 84 valence electrons. The molecule has 0 aliphatic rings. The highest BCUT2D eigenvalue weighted by Gasteiger charge is 2.09. The van der Waals surface area contributed by atoms with Crippen molar-refractivity contribution in [2.75, 3.05) is 26.1 Å². The Morgan fingerprint density at radius 3 is 2.44 bits per heavy atom. The number of nitrogens with zero attached hydrogens (tertiary/aromatic N) is 5. The van der Waals surface area contributed by atoms with Gasteiger partial charge in [0.15, 0.2) is 0 Å². The second-order valence-corrected chi connectivity index (χ2v) is 3.48. The van der Waals surface area contributed by atoms with Crippen molar-refractivity contribution >= 4 is 5.95 Å². The molecule has 2 aromatic rings. The zero-order valence-corrected chi connectivity index (χ0v) is 9.45. The second kappa shape index (κ2) is 4.18. The van der Waals surface area contributed by atoms with E-state index < -0.39 is 0 Å². The standard InChI is InChI=1S/C10H13N5O/c1-14(2)10-11-12-13-15(10)8-4-6-9(16-3)7-5-8/h4-7H,1-3H3. The van der Waals surface area contributed by atoms with Crippen molar-refractivity contribution in [3.05, 3.63) is 24.3 Å². The first kappa shape index (κ1) is 10.4. The topological polar surface area (TPSA) is 56.1 Å². The summed E-state index contributed by atoms with van der Waals surface area (Å²) < 4.78 is 6.76. The highest BCUT2D eigenvalue weighted by atomic mass is 16.5. The van der Waals surface area contributed by atoms with E-state index in [2.05, 4.69) is 15.5 Å². The van der Waals surface area contributed by atoms with Gasteiger partial charge in [0.25, 0.3) is 0 Å². The summed E-state index contributed by atoms with van der Waals surface area (Å²) in [7, 11) is 5.43. The maximum Gasteiger partial charge on any atom is 0.249 e. The van der Waals surface area contributed by atoms with Crippen LogP contribution in [0.15, 0.2) is 24.3 Å². The Balaban J connectivity index is 2.38. The lowest BCUT2D eigenvalue weighted by molar-refractivity contribution is 0.414. The van der Waals surface area contributed by atoms with E-state index in [4.69, 9.17) is 4.74 Å². The summed E-state index contributed by atoms with van der Waals surface area (Å²) >= 11 is 0. The fourth-order valence-electron chi connectivity index (χ4n) is 1.35. The van der Waals surface area contributed by atoms with Gasteiger partial charge in [-0.15, -0.1) is 0 Å². The number of hydrogen-bond donors (Lipinski definition) is 0. The maximum atomic E-state index is 5.09. The Hall–Kier alpha value is -2.11. The Kier molecular flexibility index (Phi) is 2.72. The third kappa shape index (κ3) is 1.81. The van der Waals surface area contributed by atoms with E-state index >= 15 is 0 Å². The summed E-state index contributed by atoms with van der Waals surface area (Å²) in [5.41, 5.74) is 0.898. The molecule has 1 aromatic carbocycles. The summed E-state index contributed by atoms with van der Waals surface area (Å²) in [5.74, 6) is 1.49. The summed E-state index contributed by atoms with van der Waals surface area (Å²) in [5, 5.41) is 11.5. The van der Waals surface area contributed by atoms with E-state index in [-0.39, 0.29) is 0 Å². The minimum absolute atomic E-state index is 0.685. The van der Waals surface area contributed by atoms with E-state index in [1.165, 1.54) is 0 Å². The summed E-state index contributed by atoms with van der Waals surface area (Å²) in [6.45, 7) is 0. The average Bonchev–Trinajstić information content (AvgIpc) is 2.78. The van der Waals surface area contributed by atoms with Crippen LogP contribution < -0.4 is 9.64 Å². The van der Waals surface area contributed by atoms with Gasteiger partial charge < -0.3 is 9.64 Å². The molecule has 6 heteroatoms. The van der Waals surface area contributed by atoms with Crippen molar-refractivity contribution in [3.8, 4) is 11.4 Å². The van der Waals surface area contributed by atoms with Gasteiger partial charge in [-0.1, -0.05) is 5.10 Å². The van der Waals surface area contributed by atoms with Crippen molar-refractivity contribution in [1.29, 1.82) is 0 Å². The van der Waals surface area contributed by atoms with Gasteiger partial charge in [-0.2, -0.15) is 4.68 Å². The quantitative estimate of drug-likeness (QED) is 0.762. The van der Waals surface area contributed by atoms with Gasteiger partial charge in [-0.25, -0.2) is 0 Å². The SMILES string of the molecule is COc1ccc(-n2nnnc2N(C)C)cc1. The van der Waals surface area contributed by atoms with Gasteiger partial charge in [0.1, 0.15) is 5.75 Å². The fourth-order valence-corrected chi connectivity index (χ4v) is 1.35. The predicted octanol–water partition coefficient (Wildman–Crippen LogP) is 0.737. The zero-order chi connectivity index (χ0) is 11.5. The molecule has 0 N–H and O–H groups in total. The van der Waals surface area contributed by atoms with Gasteiger partial charge in [0.05, 0.1) is 12.8 Å². The molecular formula is C10H13N5O. The van der Waals surface area contributed by atoms with Crippen molar-refractivity contribution < 1.29 is 4.74 Å². The number of tetrazole rings is 1. The Bertz CT molecular complexity index is 462. The Labute approximate surface area is 93.4 Å². The summed E-state index contributed by atoms with van der Waals surface area (Å²) in [4.78, 5) is 1.85. The van der Waals surface area contributed by atoms with E-state index in [9.17, 15) is 0 Å². The van der Waals surface area contributed by atoms with Crippen molar-refractivity contribution in [1.82, 2.24) is 20.2 Å². The third-order valence-corrected chi connectivity index (χ3v) is 2.17. The average molecular weight is 219 g/mol. The molecular weight excluding hydrogens is 206 g/mol. The van der Waals surface area contributed by atoms with Crippen LogP contribution in [0.3, 0.4) is 0 Å². The van der Waals surface area contributed by atoms with Crippen LogP contribution in [0.1, 0.15) is 0 Å². The van der Waals surface area contributed by atoms with Crippen LogP contribution in [-0.2, 0) is 0 Å². The fraction of sp³-hybridized carbons (Fsp3) is 0.300. The molecule has 0 amide bonds. The lowest BCUT2D eigenvalue weighted by Crippen LogP contribution is -2.15. The minimum atomic E-state index is 0.685. The molecule has 0 atom stereocenters. The molecule has 0 saturated carbocycles. The molecule has 16 heavy (non-hydrogen) atoms. The van der Waals surface area contributed by atoms with Crippen LogP contribution in [0.25, 0.3) is 5.69 Å². The number of anilines is 1. The van der Waals surface area contributed by atoms with Crippen molar-refractivity contribution in [2.45, 2.75) is 0 Å². The summed E-state index contributed by atoms with van der Waals surface area (Å²) in [6, 6.07) is 7.55. The number of benzene rings is 1. The van der Waals surface area contributed by atoms with Gasteiger partial charge in [-0.05, 0) is 34.7 Å². The molecule has 0 aliphatic carbocycles. The minimum Gasteiger partial charge on any atom is -0.497 e. The predicted molar refractivity (Wildman–Crippen MR) is 60.0 cm³/mol. The zero-order valence-electron chi connectivity index (χ0n) is 9.45. The lowest BCUT2D eigenvalue weighted by Gasteiger charge is -2.11. The lowest BCUT2D eigenvalue weighted by atomic mass is 10.3. The molecule has 0 unspecified atom stereocenters. The van der Waals surface area contributed by atoms with Crippen LogP contribution in [0.2, 0.25) is 0 Å². The molecule has 0 bridgehead atoms. The molecule has 0 saturated heterocycles. The number of methoxy groups -OCH3 is 1. The van der Waals surface area contributed by atoms with Gasteiger partial charge in [0.2, 0.25) is 5.95 Å². The number of aromatic nitrogens is 4. The van der Waals surface area contributed by atoms with Crippen LogP contribution in [0.5, 0.6) is 5.75 Å². The summed E-state index contributed by atoms with van der Waals surface area (Å²) in [6.07, 6.45) is 0. The molecule has 0 aliphatic heterocycles. The smallest absolute Gasteiger partial charge is 0.249 e. The van der Waals surface area contributed by atoms with Gasteiger partial charge in [0, 0.05) is 14.1 Å². The molecule has 6 nitrogen and oxygen atoms in total. The van der Waals surface area contributed by atoms with E-state index in [0.717, 1.165) is 11.4 Å². The monoisotopic (exact) mass is 219 g/mol. The normalized spacial score (nSPS) is 10.2. The molecule has 0 fully saturated rings. The number of hydrogen-bond acceptors (Lipinski definition) is 5. The number of ether oxygens (including phenoxy) is 1. The number of rotatable bonds is 3. The first-order chi connectivity index (χ1) is 7.72. The van der Waals surface area contributed by atoms with Crippen LogP contribution in [-0.4, -0.2) is 41.4 Å². The Morgan fingerprint density at radius 1 is 1.19 bits per heavy atom. The largest absolute Gasteiger partial charge is 0.497 e. The van der Waals surface area contributed by atoms with E-state index in [1.54, 1.807) is 11.8 Å². The van der Waals surface area contributed by atoms with Gasteiger partial charge >= 0.3 is 0 Å². The Morgan fingerprint density at radius 2 is 1.88 bits per heavy atom. The van der Waals surface area contributed by atoms with Crippen LogP contribution in [0, 0.1) is 0 Å². The molecule has 0 spiro atoms. The van der Waals surface area contributed by atoms with Crippen LogP contribution >= 0.6 is 0 Å². The van der Waals surface area contributed by atoms with Crippen molar-refractivity contribution in [2.24, 2.45) is 0 Å². The first-order valence-electron chi connectivity index (χ1n) is 4.82. The first-order valence-corrected chi connectivity index (χ1v) is 4.82.